The Morgan fingerprint density at radius 3 is 3.12 bits per heavy atom. The third kappa shape index (κ3) is 2.22. The highest BCUT2D eigenvalue weighted by atomic mass is 16.5. The number of nitrogens with zero attached hydrogens (tertiary/aromatic N) is 1. The lowest BCUT2D eigenvalue weighted by Gasteiger charge is -2.38. The van der Waals surface area contributed by atoms with Crippen LogP contribution < -0.4 is 5.32 Å². The average Bonchev–Trinajstić information content (AvgIpc) is 2.33. The number of methoxy groups -OCH3 is 1. The minimum absolute atomic E-state index is 0.461. The predicted octanol–water partition coefficient (Wildman–Crippen LogP) is 2.23. The van der Waals surface area contributed by atoms with Crippen molar-refractivity contribution in [1.29, 1.82) is 0 Å². The predicted molar refractivity (Wildman–Crippen MR) is 66.9 cm³/mol. The molecule has 1 unspecified atom stereocenters. The average molecular weight is 232 g/mol. The van der Waals surface area contributed by atoms with Gasteiger partial charge in [-0.05, 0) is 43.7 Å². The maximum Gasteiger partial charge on any atom is 0.0605 e. The van der Waals surface area contributed by atoms with Gasteiger partial charge >= 0.3 is 0 Å². The molecule has 3 rings (SSSR count). The molecule has 17 heavy (non-hydrogen) atoms. The first-order valence-corrected chi connectivity index (χ1v) is 6.59. The number of rotatable bonds is 3. The number of hydrogen-bond donors (Lipinski definition) is 1. The van der Waals surface area contributed by atoms with Gasteiger partial charge in [0.25, 0.3) is 0 Å². The zero-order valence-electron chi connectivity index (χ0n) is 10.4. The summed E-state index contributed by atoms with van der Waals surface area (Å²) in [6.45, 7) is 0. The molecule has 0 spiro atoms. The molecule has 1 atom stereocenters. The zero-order chi connectivity index (χ0) is 11.7. The first-order chi connectivity index (χ1) is 8.36. The first kappa shape index (κ1) is 11.2. The highest BCUT2D eigenvalue weighted by Crippen LogP contribution is 2.31. The fourth-order valence-corrected chi connectivity index (χ4v) is 2.95. The van der Waals surface area contributed by atoms with Crippen molar-refractivity contribution >= 4 is 0 Å². The second-order valence-electron chi connectivity index (χ2n) is 5.19. The molecule has 1 saturated carbocycles. The number of aromatic nitrogens is 1. The van der Waals surface area contributed by atoms with Gasteiger partial charge in [0.05, 0.1) is 11.8 Å². The number of fused-ring (bicyclic) bond motifs is 1. The molecule has 0 radical (unpaired) electrons. The number of pyridine rings is 1. The van der Waals surface area contributed by atoms with Gasteiger partial charge in [0.1, 0.15) is 0 Å². The lowest BCUT2D eigenvalue weighted by atomic mass is 9.85. The van der Waals surface area contributed by atoms with Crippen molar-refractivity contribution in [3.8, 4) is 0 Å². The summed E-state index contributed by atoms with van der Waals surface area (Å²) in [7, 11) is 1.80. The second kappa shape index (κ2) is 4.75. The number of nitrogens with one attached hydrogen (secondary N) is 1. The summed E-state index contributed by atoms with van der Waals surface area (Å²) in [6, 6.07) is 5.35. The van der Waals surface area contributed by atoms with Crippen LogP contribution in [0.5, 0.6) is 0 Å². The third-order valence-corrected chi connectivity index (χ3v) is 4.06. The molecule has 0 aromatic carbocycles. The van der Waals surface area contributed by atoms with Crippen LogP contribution in [0.25, 0.3) is 0 Å². The van der Waals surface area contributed by atoms with E-state index in [0.29, 0.717) is 18.2 Å². The van der Waals surface area contributed by atoms with Crippen molar-refractivity contribution in [3.05, 3.63) is 29.6 Å². The van der Waals surface area contributed by atoms with Crippen LogP contribution in [0.4, 0.5) is 0 Å². The van der Waals surface area contributed by atoms with Crippen LogP contribution in [-0.4, -0.2) is 24.2 Å². The summed E-state index contributed by atoms with van der Waals surface area (Å²) in [4.78, 5) is 4.56. The van der Waals surface area contributed by atoms with Crippen molar-refractivity contribution in [2.45, 2.75) is 50.3 Å². The summed E-state index contributed by atoms with van der Waals surface area (Å²) >= 11 is 0. The minimum Gasteiger partial charge on any atom is -0.381 e. The monoisotopic (exact) mass is 232 g/mol. The fraction of sp³-hybridized carbons (Fsp3) is 0.643. The van der Waals surface area contributed by atoms with Gasteiger partial charge in [-0.1, -0.05) is 6.07 Å². The van der Waals surface area contributed by atoms with Gasteiger partial charge in [-0.15, -0.1) is 0 Å². The molecular weight excluding hydrogens is 212 g/mol. The number of hydrogen-bond acceptors (Lipinski definition) is 3. The van der Waals surface area contributed by atoms with E-state index in [1.54, 1.807) is 7.11 Å². The van der Waals surface area contributed by atoms with Crippen LogP contribution in [0.15, 0.2) is 18.3 Å². The molecule has 1 heterocycles. The molecule has 0 amide bonds. The van der Waals surface area contributed by atoms with Gasteiger partial charge in [0, 0.05) is 25.4 Å². The summed E-state index contributed by atoms with van der Waals surface area (Å²) in [6.07, 6.45) is 8.36. The third-order valence-electron chi connectivity index (χ3n) is 4.06. The van der Waals surface area contributed by atoms with E-state index < -0.39 is 0 Å². The molecule has 1 N–H and O–H groups in total. The van der Waals surface area contributed by atoms with Crippen LogP contribution in [-0.2, 0) is 11.2 Å². The lowest BCUT2D eigenvalue weighted by Crippen LogP contribution is -2.47. The molecule has 2 aliphatic carbocycles. The number of aryl methyl sites for hydroxylation is 1. The Bertz CT molecular complexity index is 388. The highest BCUT2D eigenvalue weighted by Gasteiger charge is 2.32. The summed E-state index contributed by atoms with van der Waals surface area (Å²) in [5, 5.41) is 3.73. The first-order valence-electron chi connectivity index (χ1n) is 6.59. The zero-order valence-corrected chi connectivity index (χ0v) is 10.4. The van der Waals surface area contributed by atoms with Crippen LogP contribution in [0, 0.1) is 0 Å². The maximum atomic E-state index is 5.32. The molecule has 1 aromatic rings. The van der Waals surface area contributed by atoms with Gasteiger partial charge < -0.3 is 10.1 Å². The topological polar surface area (TPSA) is 34.1 Å². The summed E-state index contributed by atoms with van der Waals surface area (Å²) in [5.41, 5.74) is 2.71. The van der Waals surface area contributed by atoms with Gasteiger partial charge in [0.15, 0.2) is 0 Å². The van der Waals surface area contributed by atoms with Crippen LogP contribution in [0.2, 0.25) is 0 Å². The molecule has 0 saturated heterocycles. The molecule has 1 aromatic heterocycles. The summed E-state index contributed by atoms with van der Waals surface area (Å²) < 4.78 is 5.32. The maximum absolute atomic E-state index is 5.32. The van der Waals surface area contributed by atoms with E-state index in [2.05, 4.69) is 16.4 Å². The van der Waals surface area contributed by atoms with Gasteiger partial charge in [-0.3, -0.25) is 4.98 Å². The van der Waals surface area contributed by atoms with E-state index in [9.17, 15) is 0 Å². The molecule has 92 valence electrons. The van der Waals surface area contributed by atoms with Gasteiger partial charge in [-0.25, -0.2) is 0 Å². The molecule has 1 fully saturated rings. The molecule has 3 heteroatoms. The Balaban J connectivity index is 1.65. The quantitative estimate of drug-likeness (QED) is 0.867. The largest absolute Gasteiger partial charge is 0.381 e. The van der Waals surface area contributed by atoms with E-state index in [-0.39, 0.29) is 0 Å². The van der Waals surface area contributed by atoms with E-state index in [4.69, 9.17) is 4.74 Å². The van der Waals surface area contributed by atoms with Gasteiger partial charge in [-0.2, -0.15) is 0 Å². The molecule has 2 aliphatic rings. The standard InChI is InChI=1S/C14H20N2O/c1-17-12-8-11(9-12)16-13-6-2-4-10-5-3-7-15-14(10)13/h3,5,7,11-13,16H,2,4,6,8-9H2,1H3. The Kier molecular flexibility index (Phi) is 3.12. The second-order valence-corrected chi connectivity index (χ2v) is 5.19. The van der Waals surface area contributed by atoms with E-state index in [1.165, 1.54) is 30.5 Å². The molecule has 0 bridgehead atoms. The lowest BCUT2D eigenvalue weighted by molar-refractivity contribution is 0.0133. The Labute approximate surface area is 103 Å². The van der Waals surface area contributed by atoms with Crippen molar-refractivity contribution in [3.63, 3.8) is 0 Å². The van der Waals surface area contributed by atoms with Gasteiger partial charge in [0.2, 0.25) is 0 Å². The van der Waals surface area contributed by atoms with E-state index >= 15 is 0 Å². The Morgan fingerprint density at radius 1 is 1.41 bits per heavy atom. The Hall–Kier alpha value is -0.930. The van der Waals surface area contributed by atoms with Crippen molar-refractivity contribution in [2.75, 3.05) is 7.11 Å². The molecular formula is C14H20N2O. The van der Waals surface area contributed by atoms with Crippen LogP contribution >= 0.6 is 0 Å². The fourth-order valence-electron chi connectivity index (χ4n) is 2.95. The molecule has 3 nitrogen and oxygen atoms in total. The SMILES string of the molecule is COC1CC(NC2CCCc3cccnc32)C1. The smallest absolute Gasteiger partial charge is 0.0605 e. The van der Waals surface area contributed by atoms with Crippen molar-refractivity contribution in [2.24, 2.45) is 0 Å². The number of ether oxygens (including phenoxy) is 1. The Morgan fingerprint density at radius 2 is 2.29 bits per heavy atom. The normalized spacial score (nSPS) is 31.7. The van der Waals surface area contributed by atoms with E-state index in [1.807, 2.05) is 12.3 Å². The van der Waals surface area contributed by atoms with Crippen LogP contribution in [0.1, 0.15) is 43.0 Å². The highest BCUT2D eigenvalue weighted by molar-refractivity contribution is 5.25. The molecule has 0 aliphatic heterocycles. The summed E-state index contributed by atoms with van der Waals surface area (Å²) in [5.74, 6) is 0. The van der Waals surface area contributed by atoms with Crippen molar-refractivity contribution in [1.82, 2.24) is 10.3 Å². The van der Waals surface area contributed by atoms with Crippen LogP contribution in [0.3, 0.4) is 0 Å². The van der Waals surface area contributed by atoms with E-state index in [0.717, 1.165) is 12.8 Å². The van der Waals surface area contributed by atoms with Crippen molar-refractivity contribution < 1.29 is 4.74 Å². The minimum atomic E-state index is 0.461.